The molecule has 0 aliphatic heterocycles. The molecular formula is C17H23N5O2. The lowest BCUT2D eigenvalue weighted by Gasteiger charge is -2.29. The Kier molecular flexibility index (Phi) is 4.78. The van der Waals surface area contributed by atoms with E-state index in [0.717, 1.165) is 23.6 Å². The van der Waals surface area contributed by atoms with E-state index in [9.17, 15) is 4.79 Å². The van der Waals surface area contributed by atoms with Gasteiger partial charge in [0.05, 0.1) is 5.69 Å². The van der Waals surface area contributed by atoms with Crippen LogP contribution in [-0.2, 0) is 18.4 Å². The van der Waals surface area contributed by atoms with Gasteiger partial charge >= 0.3 is 6.09 Å². The average molecular weight is 329 g/mol. The summed E-state index contributed by atoms with van der Waals surface area (Å²) in [5, 5.41) is 8.20. The van der Waals surface area contributed by atoms with Crippen LogP contribution in [-0.4, -0.2) is 44.6 Å². The number of carbonyl (C=O) groups excluding carboxylic acids is 1. The second kappa shape index (κ2) is 6.98. The van der Waals surface area contributed by atoms with Crippen molar-refractivity contribution in [1.29, 1.82) is 0 Å². The zero-order valence-electron chi connectivity index (χ0n) is 14.4. The van der Waals surface area contributed by atoms with E-state index in [1.54, 1.807) is 23.7 Å². The summed E-state index contributed by atoms with van der Waals surface area (Å²) in [6.07, 6.45) is 3.35. The normalized spacial score (nSPS) is 14.3. The molecule has 1 saturated carbocycles. The van der Waals surface area contributed by atoms with Crippen LogP contribution in [0.4, 0.5) is 4.79 Å². The molecule has 0 spiro atoms. The number of aryl methyl sites for hydroxylation is 2. The van der Waals surface area contributed by atoms with Gasteiger partial charge < -0.3 is 9.64 Å². The Morgan fingerprint density at radius 3 is 2.88 bits per heavy atom. The minimum absolute atomic E-state index is 0.127. The average Bonchev–Trinajstić information content (AvgIpc) is 2.89. The SMILES string of the molecule is Cc1cccc(-c2nnn(C)c2COC(=O)N(C)CC2CCC2)n1. The smallest absolute Gasteiger partial charge is 0.409 e. The molecule has 3 rings (SSSR count). The van der Waals surface area contributed by atoms with Crippen LogP contribution < -0.4 is 0 Å². The fourth-order valence-corrected chi connectivity index (χ4v) is 2.79. The van der Waals surface area contributed by atoms with E-state index >= 15 is 0 Å². The van der Waals surface area contributed by atoms with Gasteiger partial charge in [0.25, 0.3) is 0 Å². The summed E-state index contributed by atoms with van der Waals surface area (Å²) in [5.74, 6) is 0.618. The van der Waals surface area contributed by atoms with Crippen molar-refractivity contribution in [2.24, 2.45) is 13.0 Å². The fourth-order valence-electron chi connectivity index (χ4n) is 2.79. The zero-order chi connectivity index (χ0) is 17.1. The van der Waals surface area contributed by atoms with Crippen molar-refractivity contribution in [3.8, 4) is 11.4 Å². The Hall–Kier alpha value is -2.44. The van der Waals surface area contributed by atoms with E-state index in [2.05, 4.69) is 15.3 Å². The van der Waals surface area contributed by atoms with Crippen molar-refractivity contribution in [3.63, 3.8) is 0 Å². The highest BCUT2D eigenvalue weighted by Crippen LogP contribution is 2.27. The lowest BCUT2D eigenvalue weighted by atomic mass is 9.85. The van der Waals surface area contributed by atoms with E-state index in [1.807, 2.05) is 25.1 Å². The first-order valence-corrected chi connectivity index (χ1v) is 8.25. The van der Waals surface area contributed by atoms with E-state index in [0.29, 0.717) is 11.6 Å². The Morgan fingerprint density at radius 1 is 1.42 bits per heavy atom. The van der Waals surface area contributed by atoms with Crippen molar-refractivity contribution in [2.45, 2.75) is 32.8 Å². The molecule has 0 unspecified atom stereocenters. The van der Waals surface area contributed by atoms with Gasteiger partial charge in [-0.15, -0.1) is 5.10 Å². The predicted molar refractivity (Wildman–Crippen MR) is 89.1 cm³/mol. The number of rotatable bonds is 5. The maximum atomic E-state index is 12.2. The summed E-state index contributed by atoms with van der Waals surface area (Å²) in [5.41, 5.74) is 3.02. The van der Waals surface area contributed by atoms with Gasteiger partial charge in [-0.3, -0.25) is 4.98 Å². The van der Waals surface area contributed by atoms with Crippen LogP contribution in [0.5, 0.6) is 0 Å². The predicted octanol–water partition coefficient (Wildman–Crippen LogP) is 2.55. The third-order valence-corrected chi connectivity index (χ3v) is 4.47. The van der Waals surface area contributed by atoms with Crippen LogP contribution in [0.15, 0.2) is 18.2 Å². The second-order valence-electron chi connectivity index (χ2n) is 6.40. The third kappa shape index (κ3) is 3.55. The molecule has 128 valence electrons. The van der Waals surface area contributed by atoms with Gasteiger partial charge in [0.1, 0.15) is 18.0 Å². The molecule has 1 aliphatic carbocycles. The lowest BCUT2D eigenvalue weighted by Crippen LogP contribution is -2.34. The van der Waals surface area contributed by atoms with E-state index in [1.165, 1.54) is 19.3 Å². The molecule has 1 aliphatic rings. The molecular weight excluding hydrogens is 306 g/mol. The summed E-state index contributed by atoms with van der Waals surface area (Å²) in [7, 11) is 3.57. The van der Waals surface area contributed by atoms with E-state index in [4.69, 9.17) is 4.74 Å². The number of aromatic nitrogens is 4. The number of pyridine rings is 1. The molecule has 0 aromatic carbocycles. The maximum absolute atomic E-state index is 12.2. The van der Waals surface area contributed by atoms with Crippen LogP contribution >= 0.6 is 0 Å². The summed E-state index contributed by atoms with van der Waals surface area (Å²) in [4.78, 5) is 18.3. The molecule has 24 heavy (non-hydrogen) atoms. The molecule has 0 bridgehead atoms. The summed E-state index contributed by atoms with van der Waals surface area (Å²) >= 11 is 0. The minimum Gasteiger partial charge on any atom is -0.443 e. The number of ether oxygens (including phenoxy) is 1. The standard InChI is InChI=1S/C17H23N5O2/c1-12-6-4-9-14(18-12)16-15(22(3)20-19-16)11-24-17(23)21(2)10-13-7-5-8-13/h4,6,9,13H,5,7-8,10-11H2,1-3H3. The Balaban J connectivity index is 1.66. The Labute approximate surface area is 141 Å². The van der Waals surface area contributed by atoms with Crippen molar-refractivity contribution in [1.82, 2.24) is 24.9 Å². The van der Waals surface area contributed by atoms with Crippen LogP contribution in [0.3, 0.4) is 0 Å². The van der Waals surface area contributed by atoms with Crippen LogP contribution in [0.1, 0.15) is 30.7 Å². The lowest BCUT2D eigenvalue weighted by molar-refractivity contribution is 0.0913. The van der Waals surface area contributed by atoms with Gasteiger partial charge in [-0.1, -0.05) is 17.7 Å². The van der Waals surface area contributed by atoms with Crippen molar-refractivity contribution < 1.29 is 9.53 Å². The molecule has 2 heterocycles. The highest BCUT2D eigenvalue weighted by Gasteiger charge is 2.23. The van der Waals surface area contributed by atoms with Crippen LogP contribution in [0.25, 0.3) is 11.4 Å². The van der Waals surface area contributed by atoms with Gasteiger partial charge in [-0.2, -0.15) is 0 Å². The van der Waals surface area contributed by atoms with Gasteiger partial charge in [-0.25, -0.2) is 9.48 Å². The third-order valence-electron chi connectivity index (χ3n) is 4.47. The first-order valence-electron chi connectivity index (χ1n) is 8.25. The molecule has 1 fully saturated rings. The summed E-state index contributed by atoms with van der Waals surface area (Å²) in [6, 6.07) is 5.73. The molecule has 7 nitrogen and oxygen atoms in total. The molecule has 2 aromatic heterocycles. The van der Waals surface area contributed by atoms with Gasteiger partial charge in [0, 0.05) is 26.3 Å². The monoisotopic (exact) mass is 329 g/mol. The zero-order valence-corrected chi connectivity index (χ0v) is 14.4. The first kappa shape index (κ1) is 16.4. The van der Waals surface area contributed by atoms with Gasteiger partial charge in [0.2, 0.25) is 0 Å². The van der Waals surface area contributed by atoms with Gasteiger partial charge in [0.15, 0.2) is 0 Å². The number of carbonyl (C=O) groups is 1. The van der Waals surface area contributed by atoms with E-state index < -0.39 is 0 Å². The van der Waals surface area contributed by atoms with Crippen molar-refractivity contribution >= 4 is 6.09 Å². The van der Waals surface area contributed by atoms with Crippen LogP contribution in [0.2, 0.25) is 0 Å². The summed E-state index contributed by atoms with van der Waals surface area (Å²) < 4.78 is 7.07. The molecule has 7 heteroatoms. The second-order valence-corrected chi connectivity index (χ2v) is 6.40. The number of hydrogen-bond donors (Lipinski definition) is 0. The molecule has 0 N–H and O–H groups in total. The van der Waals surface area contributed by atoms with Gasteiger partial charge in [-0.05, 0) is 37.8 Å². The Morgan fingerprint density at radius 2 is 2.21 bits per heavy atom. The molecule has 0 radical (unpaired) electrons. The highest BCUT2D eigenvalue weighted by atomic mass is 16.6. The van der Waals surface area contributed by atoms with Crippen molar-refractivity contribution in [3.05, 3.63) is 29.6 Å². The quantitative estimate of drug-likeness (QED) is 0.843. The van der Waals surface area contributed by atoms with Crippen LogP contribution in [0, 0.1) is 12.8 Å². The summed E-state index contributed by atoms with van der Waals surface area (Å²) in [6.45, 7) is 2.81. The number of amides is 1. The van der Waals surface area contributed by atoms with E-state index in [-0.39, 0.29) is 12.7 Å². The Bertz CT molecular complexity index is 724. The molecule has 0 atom stereocenters. The highest BCUT2D eigenvalue weighted by molar-refractivity contribution is 5.67. The van der Waals surface area contributed by atoms with Crippen molar-refractivity contribution in [2.75, 3.05) is 13.6 Å². The fraction of sp³-hybridized carbons (Fsp3) is 0.529. The number of nitrogens with zero attached hydrogens (tertiary/aromatic N) is 5. The first-order chi connectivity index (χ1) is 11.5. The maximum Gasteiger partial charge on any atom is 0.409 e. The molecule has 0 saturated heterocycles. The molecule has 2 aromatic rings. The minimum atomic E-state index is -0.314. The largest absolute Gasteiger partial charge is 0.443 e. The number of hydrogen-bond acceptors (Lipinski definition) is 5. The molecule has 1 amide bonds. The topological polar surface area (TPSA) is 73.1 Å².